The van der Waals surface area contributed by atoms with Crippen LogP contribution in [0.4, 0.5) is 4.79 Å². The number of allylic oxidation sites excluding steroid dienone is 1. The molecule has 2 heterocycles. The summed E-state index contributed by atoms with van der Waals surface area (Å²) in [6.45, 7) is 7.05. The number of oxime groups is 1. The molecule has 13 heteroatoms. The second kappa shape index (κ2) is 20.3. The van der Waals surface area contributed by atoms with Gasteiger partial charge < -0.3 is 49.0 Å². The lowest BCUT2D eigenvalue weighted by atomic mass is 9.55. The summed E-state index contributed by atoms with van der Waals surface area (Å²) in [5.41, 5.74) is 3.42. The van der Waals surface area contributed by atoms with Gasteiger partial charge >= 0.3 is 6.09 Å². The van der Waals surface area contributed by atoms with E-state index in [-0.39, 0.29) is 56.8 Å². The summed E-state index contributed by atoms with van der Waals surface area (Å²) >= 11 is 0. The maximum absolute atomic E-state index is 15.1. The standard InChI is InChI=1S/C47H63N3O10/c1-4-24-58-47-42(50(43(53)21-17-31-12-6-7-13-31)29-32-16-19-40-41(25-32)57-30-56-40)28-38(49-55-3)36-26-33(14-8-10-22-51)35(15-9-11-23-52)44(45(36)47)37-27-34(18-20-39(37)60-47)59-46(54)48-5-2/h4,16,18-20,25-27,31,33,35,42,44-45,51-52H,1,5-15,17,21-24,28-30H2,2-3H3,(H,48,54)/t33-,35+,42-,44+,45+,47+/m0/s1. The van der Waals surface area contributed by atoms with Crippen LogP contribution in [-0.4, -0.2) is 84.9 Å². The molecular weight excluding hydrogens is 767 g/mol. The van der Waals surface area contributed by atoms with Gasteiger partial charge in [-0.2, -0.15) is 0 Å². The smallest absolute Gasteiger partial charge is 0.412 e. The van der Waals surface area contributed by atoms with Crippen molar-refractivity contribution < 1.29 is 48.3 Å². The SMILES string of the molecule is C=CCO[C@@]12Oc3ccc(OC(=O)NCC)cc3[C@H]3[C@H](CCCCO)[C@@H](CCCCO)C=C(C(=NOC)C[C@@H]1N(Cc1ccc4c(c1)OCO4)C(=O)CCC1CCCC1)[C@H]32. The van der Waals surface area contributed by atoms with Crippen molar-refractivity contribution in [1.29, 1.82) is 0 Å². The predicted molar refractivity (Wildman–Crippen MR) is 226 cm³/mol. The molecule has 6 atom stereocenters. The summed E-state index contributed by atoms with van der Waals surface area (Å²) in [4.78, 5) is 35.4. The summed E-state index contributed by atoms with van der Waals surface area (Å²) in [6.07, 6.45) is 14.2. The van der Waals surface area contributed by atoms with Crippen LogP contribution in [0, 0.1) is 23.7 Å². The third kappa shape index (κ3) is 9.33. The van der Waals surface area contributed by atoms with E-state index in [1.165, 1.54) is 12.8 Å². The molecule has 7 rings (SSSR count). The molecule has 2 amide bonds. The van der Waals surface area contributed by atoms with Crippen molar-refractivity contribution in [3.05, 3.63) is 71.8 Å². The minimum absolute atomic E-state index is 0.00385. The van der Waals surface area contributed by atoms with Gasteiger partial charge in [0.2, 0.25) is 18.5 Å². The van der Waals surface area contributed by atoms with Crippen LogP contribution < -0.4 is 24.3 Å². The average Bonchev–Trinajstić information content (AvgIpc) is 3.96. The summed E-state index contributed by atoms with van der Waals surface area (Å²) in [7, 11) is 1.55. The second-order valence-corrected chi connectivity index (χ2v) is 16.8. The van der Waals surface area contributed by atoms with Crippen LogP contribution in [0.15, 0.2) is 65.9 Å². The maximum atomic E-state index is 15.1. The van der Waals surface area contributed by atoms with E-state index in [0.29, 0.717) is 61.1 Å². The quantitative estimate of drug-likeness (QED) is 0.0684. The van der Waals surface area contributed by atoms with Crippen LogP contribution in [0.2, 0.25) is 0 Å². The van der Waals surface area contributed by atoms with Gasteiger partial charge in [-0.3, -0.25) is 4.79 Å². The van der Waals surface area contributed by atoms with E-state index >= 15 is 4.79 Å². The number of benzene rings is 2. The molecule has 0 radical (unpaired) electrons. The number of hydrogen-bond acceptors (Lipinski definition) is 11. The molecule has 2 aliphatic heterocycles. The van der Waals surface area contributed by atoms with E-state index < -0.39 is 23.8 Å². The molecule has 13 nitrogen and oxygen atoms in total. The van der Waals surface area contributed by atoms with Crippen molar-refractivity contribution in [3.8, 4) is 23.0 Å². The normalized spacial score (nSPS) is 25.8. The first kappa shape index (κ1) is 43.5. The number of aliphatic hydroxyl groups excluding tert-OH is 2. The molecule has 326 valence electrons. The fourth-order valence-corrected chi connectivity index (χ4v) is 10.5. The Morgan fingerprint density at radius 3 is 2.52 bits per heavy atom. The number of hydrogen-bond donors (Lipinski definition) is 3. The number of aliphatic hydroxyl groups is 2. The van der Waals surface area contributed by atoms with Crippen LogP contribution in [0.5, 0.6) is 23.0 Å². The molecule has 3 aliphatic carbocycles. The first-order valence-electron chi connectivity index (χ1n) is 22.1. The third-order valence-electron chi connectivity index (χ3n) is 13.1. The molecule has 0 saturated heterocycles. The van der Waals surface area contributed by atoms with Crippen LogP contribution in [0.1, 0.15) is 107 Å². The molecule has 2 saturated carbocycles. The maximum Gasteiger partial charge on any atom is 0.412 e. The highest BCUT2D eigenvalue weighted by Gasteiger charge is 2.65. The lowest BCUT2D eigenvalue weighted by Crippen LogP contribution is -2.70. The average molecular weight is 830 g/mol. The number of unbranched alkanes of at least 4 members (excludes halogenated alkanes) is 2. The Morgan fingerprint density at radius 2 is 1.77 bits per heavy atom. The van der Waals surface area contributed by atoms with Crippen molar-refractivity contribution in [2.75, 3.05) is 40.3 Å². The van der Waals surface area contributed by atoms with Gasteiger partial charge in [0.15, 0.2) is 11.5 Å². The van der Waals surface area contributed by atoms with Gasteiger partial charge in [0, 0.05) is 50.6 Å². The minimum Gasteiger partial charge on any atom is -0.459 e. The van der Waals surface area contributed by atoms with Crippen molar-refractivity contribution in [3.63, 3.8) is 0 Å². The molecule has 0 aromatic heterocycles. The molecule has 2 aromatic rings. The topological polar surface area (TPSA) is 158 Å². The number of fused-ring (bicyclic) bond motifs is 3. The second-order valence-electron chi connectivity index (χ2n) is 16.8. The first-order chi connectivity index (χ1) is 29.3. The zero-order valence-corrected chi connectivity index (χ0v) is 35.3. The van der Waals surface area contributed by atoms with E-state index in [4.69, 9.17) is 33.7 Å². The van der Waals surface area contributed by atoms with Crippen LogP contribution in [0.25, 0.3) is 0 Å². The summed E-state index contributed by atoms with van der Waals surface area (Å²) < 4.78 is 31.7. The van der Waals surface area contributed by atoms with Crippen molar-refractivity contribution in [2.24, 2.45) is 28.8 Å². The lowest BCUT2D eigenvalue weighted by molar-refractivity contribution is -0.258. The van der Waals surface area contributed by atoms with E-state index in [2.05, 4.69) is 18.0 Å². The van der Waals surface area contributed by atoms with Gasteiger partial charge in [-0.15, -0.1) is 6.58 Å². The van der Waals surface area contributed by atoms with Gasteiger partial charge in [0.1, 0.15) is 24.7 Å². The number of rotatable bonds is 20. The molecule has 60 heavy (non-hydrogen) atoms. The van der Waals surface area contributed by atoms with Gasteiger partial charge in [-0.1, -0.05) is 61.9 Å². The van der Waals surface area contributed by atoms with Gasteiger partial charge in [0.05, 0.1) is 18.2 Å². The monoisotopic (exact) mass is 829 g/mol. The predicted octanol–water partition coefficient (Wildman–Crippen LogP) is 7.79. The molecule has 0 bridgehead atoms. The van der Waals surface area contributed by atoms with Crippen LogP contribution in [0.3, 0.4) is 0 Å². The Morgan fingerprint density at radius 1 is 1.00 bits per heavy atom. The largest absolute Gasteiger partial charge is 0.459 e. The highest BCUT2D eigenvalue weighted by atomic mass is 16.7. The zero-order valence-electron chi connectivity index (χ0n) is 35.3. The number of nitrogens with zero attached hydrogens (tertiary/aromatic N) is 2. The number of carbonyl (C=O) groups excluding carboxylic acids is 2. The molecule has 0 spiro atoms. The van der Waals surface area contributed by atoms with Gasteiger partial charge in [-0.25, -0.2) is 4.79 Å². The minimum atomic E-state index is -1.41. The summed E-state index contributed by atoms with van der Waals surface area (Å²) in [5, 5.41) is 27.2. The van der Waals surface area contributed by atoms with E-state index in [0.717, 1.165) is 67.4 Å². The Kier molecular flexibility index (Phi) is 14.7. The molecule has 5 aliphatic rings. The third-order valence-corrected chi connectivity index (χ3v) is 13.1. The van der Waals surface area contributed by atoms with Crippen molar-refractivity contribution in [1.82, 2.24) is 10.2 Å². The fraction of sp³-hybridized carbons (Fsp3) is 0.596. The molecule has 2 fully saturated rings. The van der Waals surface area contributed by atoms with E-state index in [1.807, 2.05) is 42.2 Å². The zero-order chi connectivity index (χ0) is 42.1. The molecular formula is C47H63N3O10. The Labute approximate surface area is 354 Å². The Bertz CT molecular complexity index is 1880. The first-order valence-corrected chi connectivity index (χ1v) is 22.1. The Hall–Kier alpha value is -4.59. The van der Waals surface area contributed by atoms with Gasteiger partial charge in [0.25, 0.3) is 0 Å². The number of ether oxygens (including phenoxy) is 5. The highest BCUT2D eigenvalue weighted by molar-refractivity contribution is 6.03. The van der Waals surface area contributed by atoms with Gasteiger partial charge in [-0.05, 0) is 98.2 Å². The number of carbonyl (C=O) groups is 2. The molecule has 3 N–H and O–H groups in total. The number of amides is 2. The van der Waals surface area contributed by atoms with Crippen molar-refractivity contribution >= 4 is 17.7 Å². The van der Waals surface area contributed by atoms with E-state index in [1.54, 1.807) is 19.3 Å². The lowest BCUT2D eigenvalue weighted by Gasteiger charge is -2.60. The molecule has 2 aromatic carbocycles. The Balaban J connectivity index is 1.41. The fourth-order valence-electron chi connectivity index (χ4n) is 10.5. The van der Waals surface area contributed by atoms with Crippen molar-refractivity contribution in [2.45, 2.75) is 115 Å². The summed E-state index contributed by atoms with van der Waals surface area (Å²) in [5.74, 6) is 0.752. The summed E-state index contributed by atoms with van der Waals surface area (Å²) in [6, 6.07) is 10.6. The number of nitrogens with one attached hydrogen (secondary N) is 1. The van der Waals surface area contributed by atoms with Crippen LogP contribution in [-0.2, 0) is 20.9 Å². The van der Waals surface area contributed by atoms with E-state index in [9.17, 15) is 15.0 Å². The molecule has 0 unspecified atom stereocenters. The van der Waals surface area contributed by atoms with Crippen LogP contribution >= 0.6 is 0 Å². The highest BCUT2D eigenvalue weighted by Crippen LogP contribution is 2.62.